The van der Waals surface area contributed by atoms with Crippen LogP contribution >= 0.6 is 0 Å². The molecule has 5 nitrogen and oxygen atoms in total. The molecule has 9 heteroatoms. The van der Waals surface area contributed by atoms with Gasteiger partial charge >= 0.3 is 13.3 Å². The van der Waals surface area contributed by atoms with Gasteiger partial charge in [0.15, 0.2) is 5.82 Å². The average Bonchev–Trinajstić information content (AvgIpc) is 2.56. The number of rotatable bonds is 2. The molecule has 0 atom stereocenters. The zero-order chi connectivity index (χ0) is 18.4. The van der Waals surface area contributed by atoms with E-state index in [9.17, 15) is 23.2 Å². The lowest BCUT2D eigenvalue weighted by Gasteiger charge is -2.13. The minimum atomic E-state index is -4.61. The minimum Gasteiger partial charge on any atom is -0.423 e. The van der Waals surface area contributed by atoms with Crippen LogP contribution in [-0.4, -0.2) is 27.4 Å². The molecule has 0 aliphatic rings. The van der Waals surface area contributed by atoms with Crippen LogP contribution in [0.15, 0.2) is 36.4 Å². The lowest BCUT2D eigenvalue weighted by atomic mass is 9.78. The fourth-order valence-corrected chi connectivity index (χ4v) is 2.61. The molecule has 0 amide bonds. The monoisotopic (exact) mass is 347 g/mol. The number of nitrogens with two attached hydrogens (primary N) is 1. The average molecular weight is 347 g/mol. The number of hydrogen-bond donors (Lipinski definition) is 3. The largest absolute Gasteiger partial charge is 0.488 e. The SMILES string of the molecule is Cc1nnc(N)c2ccc(-c3cc(B(O)O)cc(C(F)(F)F)c3)cc12. The summed E-state index contributed by atoms with van der Waals surface area (Å²) < 4.78 is 39.3. The highest BCUT2D eigenvalue weighted by Gasteiger charge is 2.32. The minimum absolute atomic E-state index is 0.203. The summed E-state index contributed by atoms with van der Waals surface area (Å²) in [5, 5.41) is 27.6. The number of alkyl halides is 3. The van der Waals surface area contributed by atoms with Gasteiger partial charge in [-0.3, -0.25) is 0 Å². The first-order chi connectivity index (χ1) is 11.7. The van der Waals surface area contributed by atoms with Gasteiger partial charge in [-0.1, -0.05) is 18.2 Å². The molecule has 0 spiro atoms. The maximum atomic E-state index is 13.1. The summed E-state index contributed by atoms with van der Waals surface area (Å²) in [5.74, 6) is 0.225. The summed E-state index contributed by atoms with van der Waals surface area (Å²) in [5.41, 5.74) is 5.82. The Kier molecular flexibility index (Phi) is 4.13. The van der Waals surface area contributed by atoms with E-state index in [0.29, 0.717) is 28.1 Å². The predicted molar refractivity (Wildman–Crippen MR) is 89.0 cm³/mol. The Morgan fingerprint density at radius 2 is 1.68 bits per heavy atom. The van der Waals surface area contributed by atoms with Crippen LogP contribution in [0.4, 0.5) is 19.0 Å². The number of hydrogen-bond acceptors (Lipinski definition) is 5. The Bertz CT molecular complexity index is 961. The molecule has 1 aromatic heterocycles. The van der Waals surface area contributed by atoms with Crippen molar-refractivity contribution in [2.24, 2.45) is 0 Å². The van der Waals surface area contributed by atoms with Crippen LogP contribution in [0.1, 0.15) is 11.3 Å². The smallest absolute Gasteiger partial charge is 0.423 e. The van der Waals surface area contributed by atoms with Crippen LogP contribution < -0.4 is 11.2 Å². The van der Waals surface area contributed by atoms with Crippen molar-refractivity contribution >= 4 is 29.2 Å². The van der Waals surface area contributed by atoms with E-state index in [-0.39, 0.29) is 16.8 Å². The molecule has 128 valence electrons. The second-order valence-corrected chi connectivity index (χ2v) is 5.65. The van der Waals surface area contributed by atoms with Crippen molar-refractivity contribution in [3.63, 3.8) is 0 Å². The van der Waals surface area contributed by atoms with Crippen LogP contribution in [0.2, 0.25) is 0 Å². The number of nitrogens with zero attached hydrogens (tertiary/aromatic N) is 2. The van der Waals surface area contributed by atoms with E-state index >= 15 is 0 Å². The Labute approximate surface area is 141 Å². The number of halogens is 3. The molecule has 0 saturated heterocycles. The van der Waals surface area contributed by atoms with E-state index in [1.807, 2.05) is 0 Å². The number of aryl methyl sites for hydroxylation is 1. The topological polar surface area (TPSA) is 92.3 Å². The Morgan fingerprint density at radius 1 is 0.960 bits per heavy atom. The van der Waals surface area contributed by atoms with Gasteiger partial charge in [0.2, 0.25) is 0 Å². The molecular weight excluding hydrogens is 334 g/mol. The molecule has 2 aromatic carbocycles. The predicted octanol–water partition coefficient (Wildman–Crippen LogP) is 1.89. The molecule has 0 fully saturated rings. The number of fused-ring (bicyclic) bond motifs is 1. The van der Waals surface area contributed by atoms with Crippen molar-refractivity contribution < 1.29 is 23.2 Å². The van der Waals surface area contributed by atoms with Crippen LogP contribution in [0.5, 0.6) is 0 Å². The summed E-state index contributed by atoms with van der Waals surface area (Å²) in [6.45, 7) is 1.72. The fraction of sp³-hybridized carbons (Fsp3) is 0.125. The third-order valence-electron chi connectivity index (χ3n) is 3.91. The number of benzene rings is 2. The summed E-state index contributed by atoms with van der Waals surface area (Å²) in [4.78, 5) is 0. The third kappa shape index (κ3) is 3.28. The molecule has 0 radical (unpaired) electrons. The van der Waals surface area contributed by atoms with Crippen molar-refractivity contribution in [1.82, 2.24) is 10.2 Å². The highest BCUT2D eigenvalue weighted by Crippen LogP contribution is 2.33. The summed E-state index contributed by atoms with van der Waals surface area (Å²) >= 11 is 0. The van der Waals surface area contributed by atoms with Crippen molar-refractivity contribution in [3.8, 4) is 11.1 Å². The highest BCUT2D eigenvalue weighted by atomic mass is 19.4. The van der Waals surface area contributed by atoms with Crippen LogP contribution in [0.3, 0.4) is 0 Å². The maximum Gasteiger partial charge on any atom is 0.488 e. The van der Waals surface area contributed by atoms with Gasteiger partial charge in [0.25, 0.3) is 0 Å². The van der Waals surface area contributed by atoms with Crippen LogP contribution in [-0.2, 0) is 6.18 Å². The van der Waals surface area contributed by atoms with Crippen LogP contribution in [0.25, 0.3) is 21.9 Å². The molecule has 25 heavy (non-hydrogen) atoms. The van der Waals surface area contributed by atoms with E-state index in [1.54, 1.807) is 25.1 Å². The summed E-state index contributed by atoms with van der Waals surface area (Å²) in [6, 6.07) is 7.87. The quantitative estimate of drug-likeness (QED) is 0.616. The molecule has 3 aromatic rings. The van der Waals surface area contributed by atoms with Gasteiger partial charge in [-0.05, 0) is 41.7 Å². The van der Waals surface area contributed by atoms with E-state index in [2.05, 4.69) is 10.2 Å². The van der Waals surface area contributed by atoms with E-state index < -0.39 is 18.9 Å². The normalized spacial score (nSPS) is 11.8. The van der Waals surface area contributed by atoms with Gasteiger partial charge in [0.05, 0.1) is 11.3 Å². The van der Waals surface area contributed by atoms with Crippen molar-refractivity contribution in [1.29, 1.82) is 0 Å². The molecule has 4 N–H and O–H groups in total. The standard InChI is InChI=1S/C16H13BF3N3O2/c1-8-14-6-9(2-3-13(14)15(21)23-22-8)10-4-11(16(18,19)20)7-12(5-10)17(24)25/h2-7,24-25H,1H3,(H2,21,23). The first-order valence-corrected chi connectivity index (χ1v) is 7.28. The summed E-state index contributed by atoms with van der Waals surface area (Å²) in [6.07, 6.45) is -4.61. The first kappa shape index (κ1) is 17.2. The first-order valence-electron chi connectivity index (χ1n) is 7.28. The number of aromatic nitrogens is 2. The van der Waals surface area contributed by atoms with Crippen LogP contribution in [0, 0.1) is 6.92 Å². The van der Waals surface area contributed by atoms with E-state index in [4.69, 9.17) is 5.73 Å². The molecule has 1 heterocycles. The molecule has 3 rings (SSSR count). The van der Waals surface area contributed by atoms with Gasteiger partial charge in [-0.25, -0.2) is 0 Å². The van der Waals surface area contributed by atoms with Gasteiger partial charge in [-0.2, -0.15) is 18.3 Å². The second kappa shape index (κ2) is 6.01. The molecular formula is C16H13BF3N3O2. The summed E-state index contributed by atoms with van der Waals surface area (Å²) in [7, 11) is -2.01. The lowest BCUT2D eigenvalue weighted by molar-refractivity contribution is -0.137. The molecule has 0 aliphatic heterocycles. The van der Waals surface area contributed by atoms with E-state index in [1.165, 1.54) is 6.07 Å². The Morgan fingerprint density at radius 3 is 2.32 bits per heavy atom. The molecule has 0 saturated carbocycles. The lowest BCUT2D eigenvalue weighted by Crippen LogP contribution is -2.31. The fourth-order valence-electron chi connectivity index (χ4n) is 2.61. The Hall–Kier alpha value is -2.65. The number of nitrogen functional groups attached to an aromatic ring is 1. The maximum absolute atomic E-state index is 13.1. The number of anilines is 1. The zero-order valence-corrected chi connectivity index (χ0v) is 13.0. The molecule has 0 bridgehead atoms. The zero-order valence-electron chi connectivity index (χ0n) is 13.0. The van der Waals surface area contributed by atoms with Crippen molar-refractivity contribution in [2.75, 3.05) is 5.73 Å². The molecule has 0 aliphatic carbocycles. The second-order valence-electron chi connectivity index (χ2n) is 5.65. The van der Waals surface area contributed by atoms with Gasteiger partial charge in [0, 0.05) is 10.8 Å². The highest BCUT2D eigenvalue weighted by molar-refractivity contribution is 6.58. The van der Waals surface area contributed by atoms with Crippen molar-refractivity contribution in [3.05, 3.63) is 47.7 Å². The third-order valence-corrected chi connectivity index (χ3v) is 3.91. The van der Waals surface area contributed by atoms with Gasteiger partial charge in [0.1, 0.15) is 0 Å². The van der Waals surface area contributed by atoms with Crippen molar-refractivity contribution in [2.45, 2.75) is 13.1 Å². The van der Waals surface area contributed by atoms with E-state index in [0.717, 1.165) is 6.07 Å². The molecule has 0 unspecified atom stereocenters. The van der Waals surface area contributed by atoms with Gasteiger partial charge < -0.3 is 15.8 Å². The Balaban J connectivity index is 2.23. The van der Waals surface area contributed by atoms with Gasteiger partial charge in [-0.15, -0.1) is 5.10 Å².